The molecule has 5 rings (SSSR count). The molecule has 140 valence electrons. The van der Waals surface area contributed by atoms with Gasteiger partial charge in [0.15, 0.2) is 11.5 Å². The molecule has 2 aromatic heterocycles. The minimum absolute atomic E-state index is 0.109. The SMILES string of the molecule is Cc1c(C(=O)N2CCc3noc(-c4ccc(Cl)cc4)c3C2)oc2ccccc12. The molecule has 6 heteroatoms. The Hall–Kier alpha value is -3.05. The molecule has 0 bridgehead atoms. The van der Waals surface area contributed by atoms with Gasteiger partial charge in [0.2, 0.25) is 0 Å². The number of fused-ring (bicyclic) bond motifs is 2. The highest BCUT2D eigenvalue weighted by Crippen LogP contribution is 2.33. The summed E-state index contributed by atoms with van der Waals surface area (Å²) in [4.78, 5) is 15.0. The molecule has 0 atom stereocenters. The molecule has 4 aromatic rings. The molecule has 0 N–H and O–H groups in total. The number of aryl methyl sites for hydroxylation is 1. The predicted molar refractivity (Wildman–Crippen MR) is 106 cm³/mol. The summed E-state index contributed by atoms with van der Waals surface area (Å²) in [7, 11) is 0. The van der Waals surface area contributed by atoms with E-state index in [9.17, 15) is 4.79 Å². The van der Waals surface area contributed by atoms with Crippen molar-refractivity contribution in [3.63, 3.8) is 0 Å². The van der Waals surface area contributed by atoms with Gasteiger partial charge in [-0.3, -0.25) is 4.79 Å². The number of carbonyl (C=O) groups excluding carboxylic acids is 1. The van der Waals surface area contributed by atoms with E-state index in [4.69, 9.17) is 20.5 Å². The van der Waals surface area contributed by atoms with Crippen LogP contribution in [0.1, 0.15) is 27.4 Å². The molecule has 3 heterocycles. The van der Waals surface area contributed by atoms with E-state index in [1.54, 1.807) is 4.90 Å². The summed E-state index contributed by atoms with van der Waals surface area (Å²) in [6.45, 7) is 2.94. The minimum Gasteiger partial charge on any atom is -0.451 e. The average Bonchev–Trinajstić information content (AvgIpc) is 3.29. The lowest BCUT2D eigenvalue weighted by Gasteiger charge is -2.25. The zero-order chi connectivity index (χ0) is 19.3. The largest absolute Gasteiger partial charge is 0.451 e. The zero-order valence-electron chi connectivity index (χ0n) is 15.2. The van der Waals surface area contributed by atoms with E-state index in [0.29, 0.717) is 36.1 Å². The Morgan fingerprint density at radius 1 is 1.14 bits per heavy atom. The van der Waals surface area contributed by atoms with Crippen LogP contribution in [0.15, 0.2) is 57.5 Å². The van der Waals surface area contributed by atoms with Crippen molar-refractivity contribution in [1.29, 1.82) is 0 Å². The third-order valence-electron chi connectivity index (χ3n) is 5.27. The lowest BCUT2D eigenvalue weighted by molar-refractivity contribution is 0.0703. The number of hydrogen-bond acceptors (Lipinski definition) is 4. The summed E-state index contributed by atoms with van der Waals surface area (Å²) in [6, 6.07) is 15.1. The van der Waals surface area contributed by atoms with Crippen molar-refractivity contribution in [2.75, 3.05) is 6.54 Å². The molecule has 5 nitrogen and oxygen atoms in total. The van der Waals surface area contributed by atoms with Gasteiger partial charge in [-0.25, -0.2) is 0 Å². The van der Waals surface area contributed by atoms with Crippen molar-refractivity contribution in [2.45, 2.75) is 19.9 Å². The standard InChI is InChI=1S/C22H17ClN2O3/c1-13-16-4-2-3-5-19(16)27-20(13)22(26)25-11-10-18-17(12-25)21(28-24-18)14-6-8-15(23)9-7-14/h2-9H,10-12H2,1H3. The van der Waals surface area contributed by atoms with Crippen LogP contribution in [0, 0.1) is 6.92 Å². The molecule has 0 radical (unpaired) electrons. The maximum atomic E-state index is 13.2. The highest BCUT2D eigenvalue weighted by Gasteiger charge is 2.30. The maximum absolute atomic E-state index is 13.2. The van der Waals surface area contributed by atoms with Gasteiger partial charge < -0.3 is 13.8 Å². The van der Waals surface area contributed by atoms with E-state index in [-0.39, 0.29) is 5.91 Å². The Morgan fingerprint density at radius 3 is 2.71 bits per heavy atom. The number of aromatic nitrogens is 1. The van der Waals surface area contributed by atoms with Crippen LogP contribution in [0.2, 0.25) is 5.02 Å². The Morgan fingerprint density at radius 2 is 1.93 bits per heavy atom. The van der Waals surface area contributed by atoms with Crippen LogP contribution in [-0.2, 0) is 13.0 Å². The van der Waals surface area contributed by atoms with Crippen LogP contribution < -0.4 is 0 Å². The molecule has 0 fully saturated rings. The predicted octanol–water partition coefficient (Wildman–Crippen LogP) is 5.25. The first-order valence-electron chi connectivity index (χ1n) is 9.12. The van der Waals surface area contributed by atoms with Gasteiger partial charge >= 0.3 is 0 Å². The van der Waals surface area contributed by atoms with Crippen LogP contribution >= 0.6 is 11.6 Å². The van der Waals surface area contributed by atoms with E-state index >= 15 is 0 Å². The quantitative estimate of drug-likeness (QED) is 0.467. The van der Waals surface area contributed by atoms with Gasteiger partial charge in [0.25, 0.3) is 5.91 Å². The molecule has 1 amide bonds. The summed E-state index contributed by atoms with van der Waals surface area (Å²) in [5.41, 5.74) is 4.33. The van der Waals surface area contributed by atoms with E-state index in [2.05, 4.69) is 5.16 Å². The van der Waals surface area contributed by atoms with E-state index in [1.807, 2.05) is 55.5 Å². The summed E-state index contributed by atoms with van der Waals surface area (Å²) in [6.07, 6.45) is 0.650. The molecular formula is C22H17ClN2O3. The molecule has 2 aromatic carbocycles. The van der Waals surface area contributed by atoms with Crippen LogP contribution in [0.4, 0.5) is 0 Å². The molecule has 0 saturated heterocycles. The van der Waals surface area contributed by atoms with Gasteiger partial charge in [-0.15, -0.1) is 0 Å². The summed E-state index contributed by atoms with van der Waals surface area (Å²) >= 11 is 5.99. The first-order valence-corrected chi connectivity index (χ1v) is 9.50. The smallest absolute Gasteiger partial charge is 0.290 e. The molecule has 0 saturated carbocycles. The zero-order valence-corrected chi connectivity index (χ0v) is 16.0. The number of halogens is 1. The van der Waals surface area contributed by atoms with Gasteiger partial charge in [-0.05, 0) is 37.3 Å². The van der Waals surface area contributed by atoms with Crippen molar-refractivity contribution in [3.05, 3.63) is 76.1 Å². The van der Waals surface area contributed by atoms with Crippen LogP contribution in [0.3, 0.4) is 0 Å². The van der Waals surface area contributed by atoms with Crippen molar-refractivity contribution >= 4 is 28.5 Å². The lowest BCUT2D eigenvalue weighted by atomic mass is 10.0. The third kappa shape index (κ3) is 2.70. The van der Waals surface area contributed by atoms with Gasteiger partial charge in [0.05, 0.1) is 12.2 Å². The molecule has 0 spiro atoms. The van der Waals surface area contributed by atoms with Crippen LogP contribution in [-0.4, -0.2) is 22.5 Å². The molecule has 1 aliphatic rings. The third-order valence-corrected chi connectivity index (χ3v) is 5.52. The Labute approximate surface area is 166 Å². The van der Waals surface area contributed by atoms with Crippen molar-refractivity contribution in [2.24, 2.45) is 0 Å². The molecule has 28 heavy (non-hydrogen) atoms. The van der Waals surface area contributed by atoms with Gasteiger partial charge in [-0.2, -0.15) is 0 Å². The number of nitrogens with zero attached hydrogens (tertiary/aromatic N) is 2. The van der Waals surface area contributed by atoms with Gasteiger partial charge in [0, 0.05) is 40.1 Å². The Kier molecular flexibility index (Phi) is 3.98. The molecular weight excluding hydrogens is 376 g/mol. The Balaban J connectivity index is 1.48. The topological polar surface area (TPSA) is 59.5 Å². The number of para-hydroxylation sites is 1. The second-order valence-electron chi connectivity index (χ2n) is 6.97. The normalized spacial score (nSPS) is 13.7. The monoisotopic (exact) mass is 392 g/mol. The number of carbonyl (C=O) groups is 1. The summed E-state index contributed by atoms with van der Waals surface area (Å²) in [5, 5.41) is 5.83. The van der Waals surface area contributed by atoms with Crippen LogP contribution in [0.25, 0.3) is 22.3 Å². The summed E-state index contributed by atoms with van der Waals surface area (Å²) in [5.74, 6) is 0.974. The van der Waals surface area contributed by atoms with E-state index in [0.717, 1.165) is 33.4 Å². The number of furan rings is 1. The second kappa shape index (κ2) is 6.53. The number of rotatable bonds is 2. The van der Waals surface area contributed by atoms with Crippen molar-refractivity contribution < 1.29 is 13.7 Å². The van der Waals surface area contributed by atoms with Crippen molar-refractivity contribution in [3.8, 4) is 11.3 Å². The first kappa shape index (κ1) is 17.1. The van der Waals surface area contributed by atoms with Crippen LogP contribution in [0.5, 0.6) is 0 Å². The second-order valence-corrected chi connectivity index (χ2v) is 7.41. The number of amides is 1. The molecule has 0 aliphatic carbocycles. The van der Waals surface area contributed by atoms with E-state index in [1.165, 1.54) is 0 Å². The highest BCUT2D eigenvalue weighted by atomic mass is 35.5. The van der Waals surface area contributed by atoms with Gasteiger partial charge in [0.1, 0.15) is 5.58 Å². The molecule has 1 aliphatic heterocycles. The fourth-order valence-corrected chi connectivity index (χ4v) is 3.86. The lowest BCUT2D eigenvalue weighted by Crippen LogP contribution is -2.36. The minimum atomic E-state index is -0.109. The fraction of sp³-hybridized carbons (Fsp3) is 0.182. The number of benzene rings is 2. The van der Waals surface area contributed by atoms with E-state index < -0.39 is 0 Å². The van der Waals surface area contributed by atoms with Crippen molar-refractivity contribution in [1.82, 2.24) is 10.1 Å². The highest BCUT2D eigenvalue weighted by molar-refractivity contribution is 6.30. The number of hydrogen-bond donors (Lipinski definition) is 0. The van der Waals surface area contributed by atoms with Gasteiger partial charge in [-0.1, -0.05) is 35.0 Å². The first-order chi connectivity index (χ1) is 13.6. The maximum Gasteiger partial charge on any atom is 0.290 e. The molecule has 0 unspecified atom stereocenters. The summed E-state index contributed by atoms with van der Waals surface area (Å²) < 4.78 is 11.5. The average molecular weight is 393 g/mol. The Bertz CT molecular complexity index is 1190. The fourth-order valence-electron chi connectivity index (χ4n) is 3.74.